The van der Waals surface area contributed by atoms with Crippen LogP contribution in [-0.2, 0) is 0 Å². The summed E-state index contributed by atoms with van der Waals surface area (Å²) in [5, 5.41) is 45.7. The van der Waals surface area contributed by atoms with Crippen LogP contribution in [0.1, 0.15) is 93.9 Å². The summed E-state index contributed by atoms with van der Waals surface area (Å²) in [5.74, 6) is -0.353. The minimum Gasteiger partial charge on any atom is -0.790 e. The third-order valence-electron chi connectivity index (χ3n) is 7.47. The van der Waals surface area contributed by atoms with Crippen molar-refractivity contribution in [3.63, 3.8) is 0 Å². The number of nitrogens with one attached hydrogen (secondary N) is 6. The molecule has 0 radical (unpaired) electrons. The number of anilines is 2. The highest BCUT2D eigenvalue weighted by molar-refractivity contribution is 5.89. The van der Waals surface area contributed by atoms with Gasteiger partial charge in [-0.1, -0.05) is 0 Å². The van der Waals surface area contributed by atoms with Gasteiger partial charge in [0.1, 0.15) is 0 Å². The molecule has 0 saturated carbocycles. The Hall–Kier alpha value is -1.48. The molecule has 0 aromatic heterocycles. The molecule has 3 rings (SSSR count). The predicted molar refractivity (Wildman–Crippen MR) is 147 cm³/mol. The molecular formula is C28H52N6O2. The Morgan fingerprint density at radius 3 is 1.56 bits per heavy atom. The van der Waals surface area contributed by atoms with Gasteiger partial charge in [0, 0.05) is 47.3 Å². The van der Waals surface area contributed by atoms with Gasteiger partial charge in [-0.25, -0.2) is 0 Å². The van der Waals surface area contributed by atoms with Crippen LogP contribution in [0, 0.1) is 0 Å². The second-order valence-corrected chi connectivity index (χ2v) is 13.9. The van der Waals surface area contributed by atoms with Gasteiger partial charge in [-0.15, -0.1) is 0 Å². The molecule has 2 fully saturated rings. The summed E-state index contributed by atoms with van der Waals surface area (Å²) in [5.41, 5.74) is 0.949. The molecule has 0 unspecified atom stereocenters. The van der Waals surface area contributed by atoms with Gasteiger partial charge in [0.05, 0.1) is 0 Å². The fourth-order valence-electron chi connectivity index (χ4n) is 6.86. The Morgan fingerprint density at radius 1 is 0.722 bits per heavy atom. The summed E-state index contributed by atoms with van der Waals surface area (Å²) in [7, 11) is 0. The Bertz CT molecular complexity index is 724. The molecule has 6 N–H and O–H groups in total. The van der Waals surface area contributed by atoms with E-state index in [2.05, 4.69) is 87.3 Å². The minimum absolute atomic E-state index is 0.120. The third-order valence-corrected chi connectivity index (χ3v) is 7.47. The second-order valence-electron chi connectivity index (χ2n) is 13.9. The van der Waals surface area contributed by atoms with Crippen LogP contribution in [0.3, 0.4) is 0 Å². The maximum atomic E-state index is 12.4. The molecule has 36 heavy (non-hydrogen) atoms. The van der Waals surface area contributed by atoms with Crippen LogP contribution < -0.4 is 42.1 Å². The van der Waals surface area contributed by atoms with Gasteiger partial charge in [-0.2, -0.15) is 0 Å². The van der Waals surface area contributed by atoms with E-state index in [0.29, 0.717) is 25.2 Å². The summed E-state index contributed by atoms with van der Waals surface area (Å²) in [6.07, 6.45) is 6.09. The SMILES string of the molecule is CC1(C)CC(NCCCNc2c([O-])[c+](NCCCNC3CC(C)(C)NC(C)(C)C3)[c+]2[O-])CC(C)(C)N1. The standard InChI is InChI=1S/C28H52N6O2/c1-25(2)15-19(16-26(3,4)33-25)29-11-9-13-31-21-23(35)22(24(21)36)32-14-10-12-30-20-17-27(5,6)34-28(7,8)18-20/h19-20,29-34H,9-18H2,1-8H3. The van der Waals surface area contributed by atoms with Gasteiger partial charge < -0.3 is 42.1 Å². The van der Waals surface area contributed by atoms with E-state index >= 15 is 0 Å². The fourth-order valence-corrected chi connectivity index (χ4v) is 6.86. The van der Waals surface area contributed by atoms with Gasteiger partial charge in [-0.3, -0.25) is 0 Å². The second kappa shape index (κ2) is 11.1. The van der Waals surface area contributed by atoms with E-state index in [1.165, 1.54) is 0 Å². The number of piperidine rings is 2. The lowest BCUT2D eigenvalue weighted by Gasteiger charge is -2.46. The lowest BCUT2D eigenvalue weighted by Crippen LogP contribution is -2.61. The topological polar surface area (TPSA) is 118 Å². The van der Waals surface area contributed by atoms with Crippen LogP contribution in [0.4, 0.5) is 11.4 Å². The van der Waals surface area contributed by atoms with Gasteiger partial charge in [0.2, 0.25) is 11.4 Å². The van der Waals surface area contributed by atoms with E-state index in [1.54, 1.807) is 0 Å². The molecule has 1 aromatic rings. The van der Waals surface area contributed by atoms with Gasteiger partial charge >= 0.3 is 0 Å². The van der Waals surface area contributed by atoms with E-state index < -0.39 is 0 Å². The normalized spacial score (nSPS) is 23.6. The van der Waals surface area contributed by atoms with Crippen molar-refractivity contribution in [1.29, 1.82) is 0 Å². The van der Waals surface area contributed by atoms with Crippen LogP contribution in [-0.4, -0.2) is 60.4 Å². The maximum absolute atomic E-state index is 12.4. The molecule has 2 heterocycles. The molecule has 8 heteroatoms. The highest BCUT2D eigenvalue weighted by atomic mass is 16.3. The molecule has 206 valence electrons. The first kappa shape index (κ1) is 29.1. The monoisotopic (exact) mass is 504 g/mol. The first-order valence-corrected chi connectivity index (χ1v) is 13.9. The van der Waals surface area contributed by atoms with Gasteiger partial charge in [0.15, 0.2) is 11.5 Å². The Balaban J connectivity index is 1.30. The highest BCUT2D eigenvalue weighted by Crippen LogP contribution is 2.48. The summed E-state index contributed by atoms with van der Waals surface area (Å²) in [6, 6.07) is 0.949. The number of hydrogen-bond acceptors (Lipinski definition) is 8. The summed E-state index contributed by atoms with van der Waals surface area (Å²) < 4.78 is 0. The van der Waals surface area contributed by atoms with Crippen molar-refractivity contribution < 1.29 is 10.2 Å². The number of hydrogen-bond donors (Lipinski definition) is 6. The van der Waals surface area contributed by atoms with Crippen molar-refractivity contribution in [3.05, 3.63) is 0 Å². The van der Waals surface area contributed by atoms with Crippen molar-refractivity contribution >= 4 is 11.4 Å². The Kier molecular flexibility index (Phi) is 8.96. The minimum atomic E-state index is -0.176. The van der Waals surface area contributed by atoms with E-state index in [-0.39, 0.29) is 45.0 Å². The molecule has 0 aliphatic carbocycles. The van der Waals surface area contributed by atoms with Crippen molar-refractivity contribution in [2.45, 2.75) is 128 Å². The Labute approximate surface area is 219 Å². The zero-order chi connectivity index (χ0) is 26.8. The molecular weight excluding hydrogens is 452 g/mol. The predicted octanol–water partition coefficient (Wildman–Crippen LogP) is 2.67. The number of rotatable bonds is 12. The van der Waals surface area contributed by atoms with E-state index in [1.807, 2.05) is 0 Å². The first-order valence-electron chi connectivity index (χ1n) is 13.9. The van der Waals surface area contributed by atoms with Crippen LogP contribution in [0.5, 0.6) is 11.5 Å². The largest absolute Gasteiger partial charge is 0.790 e. The Morgan fingerprint density at radius 2 is 1.14 bits per heavy atom. The quantitative estimate of drug-likeness (QED) is 0.190. The van der Waals surface area contributed by atoms with E-state index in [9.17, 15) is 10.2 Å². The maximum Gasteiger partial charge on any atom is 0.249 e. The smallest absolute Gasteiger partial charge is 0.249 e. The van der Waals surface area contributed by atoms with Crippen molar-refractivity contribution in [2.24, 2.45) is 0 Å². The average molecular weight is 505 g/mol. The van der Waals surface area contributed by atoms with E-state index in [4.69, 9.17) is 0 Å². The first-order chi connectivity index (χ1) is 16.6. The molecule has 2 aliphatic heterocycles. The molecule has 0 spiro atoms. The van der Waals surface area contributed by atoms with Crippen LogP contribution in [0.25, 0.3) is 0 Å². The lowest BCUT2D eigenvalue weighted by atomic mass is 9.79. The molecule has 8 nitrogen and oxygen atoms in total. The van der Waals surface area contributed by atoms with Crippen molar-refractivity contribution in [2.75, 3.05) is 36.8 Å². The molecule has 0 bridgehead atoms. The average Bonchev–Trinajstić information content (AvgIpc) is 2.68. The van der Waals surface area contributed by atoms with Crippen LogP contribution >= 0.6 is 0 Å². The van der Waals surface area contributed by atoms with Crippen LogP contribution in [0.15, 0.2) is 0 Å². The molecule has 0 amide bonds. The van der Waals surface area contributed by atoms with Crippen molar-refractivity contribution in [1.82, 2.24) is 21.3 Å². The molecule has 2 aliphatic rings. The van der Waals surface area contributed by atoms with Gasteiger partial charge in [0.25, 0.3) is 0 Å². The fraction of sp³-hybridized carbons (Fsp3) is 0.857. The molecule has 0 atom stereocenters. The lowest BCUT2D eigenvalue weighted by molar-refractivity contribution is -0.287. The van der Waals surface area contributed by atoms with E-state index in [0.717, 1.165) is 51.6 Å². The molecule has 2 saturated heterocycles. The third kappa shape index (κ3) is 8.27. The summed E-state index contributed by atoms with van der Waals surface area (Å²) in [6.45, 7) is 21.0. The summed E-state index contributed by atoms with van der Waals surface area (Å²) >= 11 is 0. The van der Waals surface area contributed by atoms with Gasteiger partial charge in [-0.05, 0) is 107 Å². The highest BCUT2D eigenvalue weighted by Gasteiger charge is 2.38. The summed E-state index contributed by atoms with van der Waals surface area (Å²) in [4.78, 5) is 0. The van der Waals surface area contributed by atoms with Crippen LogP contribution in [0.2, 0.25) is 0 Å². The zero-order valence-corrected chi connectivity index (χ0v) is 24.0. The molecule has 1 aromatic carbocycles. The van der Waals surface area contributed by atoms with Crippen molar-refractivity contribution in [3.8, 4) is 11.5 Å². The zero-order valence-electron chi connectivity index (χ0n) is 24.0.